The first-order valence-electron chi connectivity index (χ1n) is 5.93. The second kappa shape index (κ2) is 5.56. The molecule has 17 heavy (non-hydrogen) atoms. The van der Waals surface area contributed by atoms with Gasteiger partial charge in [-0.15, -0.1) is 11.8 Å². The predicted octanol–water partition coefficient (Wildman–Crippen LogP) is 2.08. The smallest absolute Gasteiger partial charge is 0.218 e. The van der Waals surface area contributed by atoms with E-state index in [1.807, 2.05) is 18.7 Å². The lowest BCUT2D eigenvalue weighted by Crippen LogP contribution is -2.35. The van der Waals surface area contributed by atoms with E-state index in [1.165, 1.54) is 10.5 Å². The zero-order valence-corrected chi connectivity index (χ0v) is 10.8. The maximum absolute atomic E-state index is 10.9. The van der Waals surface area contributed by atoms with Gasteiger partial charge in [-0.1, -0.05) is 18.2 Å². The van der Waals surface area contributed by atoms with Gasteiger partial charge in [0.25, 0.3) is 0 Å². The van der Waals surface area contributed by atoms with Crippen molar-refractivity contribution in [3.63, 3.8) is 0 Å². The average molecular weight is 250 g/mol. The lowest BCUT2D eigenvalue weighted by atomic mass is 10.0. The van der Waals surface area contributed by atoms with Gasteiger partial charge in [-0.25, -0.2) is 0 Å². The molecule has 0 unspecified atom stereocenters. The largest absolute Gasteiger partial charge is 0.370 e. The molecule has 1 aromatic rings. The molecule has 0 saturated heterocycles. The molecule has 3 nitrogen and oxygen atoms in total. The van der Waals surface area contributed by atoms with Gasteiger partial charge in [0.1, 0.15) is 0 Å². The predicted molar refractivity (Wildman–Crippen MR) is 70.9 cm³/mol. The molecule has 1 aromatic carbocycles. The summed E-state index contributed by atoms with van der Waals surface area (Å²) in [4.78, 5) is 12.2. The molecule has 0 aromatic heterocycles. The molecule has 0 fully saturated rings. The van der Waals surface area contributed by atoms with Crippen LogP contribution in [0, 0.1) is 0 Å². The standard InChI is InChI=1S/C13H18N2OS/c1-9(8-13(14)16)15-11-6-7-17-12-5-3-2-4-10(11)12/h2-5,9,11,15H,6-8H2,1H3,(H2,14,16)/t9-,11-/m1/s1. The Balaban J connectivity index is 2.05. The minimum atomic E-state index is -0.247. The molecule has 1 aliphatic heterocycles. The normalized spacial score (nSPS) is 20.6. The third kappa shape index (κ3) is 3.23. The summed E-state index contributed by atoms with van der Waals surface area (Å²) in [6, 6.07) is 8.94. The Morgan fingerprint density at radius 1 is 1.59 bits per heavy atom. The Kier molecular flexibility index (Phi) is 4.07. The average Bonchev–Trinajstić information content (AvgIpc) is 2.28. The molecule has 1 heterocycles. The lowest BCUT2D eigenvalue weighted by molar-refractivity contribution is -0.118. The fourth-order valence-electron chi connectivity index (χ4n) is 2.22. The zero-order chi connectivity index (χ0) is 12.3. The molecule has 0 saturated carbocycles. The number of amides is 1. The first-order chi connectivity index (χ1) is 8.16. The summed E-state index contributed by atoms with van der Waals surface area (Å²) in [6.45, 7) is 2.01. The minimum absolute atomic E-state index is 0.133. The van der Waals surface area contributed by atoms with Crippen LogP contribution in [-0.2, 0) is 4.79 Å². The highest BCUT2D eigenvalue weighted by Gasteiger charge is 2.21. The van der Waals surface area contributed by atoms with Gasteiger partial charge in [0.15, 0.2) is 0 Å². The quantitative estimate of drug-likeness (QED) is 0.860. The molecule has 1 amide bonds. The summed E-state index contributed by atoms with van der Waals surface area (Å²) >= 11 is 1.90. The number of hydrogen-bond donors (Lipinski definition) is 2. The molecule has 0 spiro atoms. The lowest BCUT2D eigenvalue weighted by Gasteiger charge is -2.28. The van der Waals surface area contributed by atoms with E-state index in [0.717, 1.165) is 12.2 Å². The maximum atomic E-state index is 10.9. The SMILES string of the molecule is C[C@H](CC(N)=O)N[C@@H]1CCSc2ccccc21. The van der Waals surface area contributed by atoms with Crippen molar-refractivity contribution in [3.8, 4) is 0 Å². The summed E-state index contributed by atoms with van der Waals surface area (Å²) in [5.41, 5.74) is 6.56. The van der Waals surface area contributed by atoms with Gasteiger partial charge in [0.2, 0.25) is 5.91 Å². The minimum Gasteiger partial charge on any atom is -0.370 e. The van der Waals surface area contributed by atoms with Crippen LogP contribution in [0.2, 0.25) is 0 Å². The fraction of sp³-hybridized carbons (Fsp3) is 0.462. The first-order valence-corrected chi connectivity index (χ1v) is 6.91. The van der Waals surface area contributed by atoms with Crippen LogP contribution in [0.3, 0.4) is 0 Å². The summed E-state index contributed by atoms with van der Waals surface area (Å²) in [5, 5.41) is 3.49. The second-order valence-electron chi connectivity index (χ2n) is 4.47. The van der Waals surface area contributed by atoms with Crippen molar-refractivity contribution in [3.05, 3.63) is 29.8 Å². The number of fused-ring (bicyclic) bond motifs is 1. The number of nitrogens with two attached hydrogens (primary N) is 1. The highest BCUT2D eigenvalue weighted by atomic mass is 32.2. The van der Waals surface area contributed by atoms with Gasteiger partial charge < -0.3 is 11.1 Å². The zero-order valence-electron chi connectivity index (χ0n) is 9.98. The number of carbonyl (C=O) groups excluding carboxylic acids is 1. The van der Waals surface area contributed by atoms with Gasteiger partial charge in [0.05, 0.1) is 0 Å². The summed E-state index contributed by atoms with van der Waals surface area (Å²) in [5.74, 6) is 0.876. The van der Waals surface area contributed by atoms with Crippen molar-refractivity contribution in [2.45, 2.75) is 36.7 Å². The number of benzene rings is 1. The Labute approximate surface area is 106 Å². The van der Waals surface area contributed by atoms with Gasteiger partial charge in [-0.05, 0) is 30.7 Å². The van der Waals surface area contributed by atoms with Crippen LogP contribution in [0.1, 0.15) is 31.4 Å². The Morgan fingerprint density at radius 2 is 2.35 bits per heavy atom. The van der Waals surface area contributed by atoms with Crippen LogP contribution < -0.4 is 11.1 Å². The van der Waals surface area contributed by atoms with E-state index >= 15 is 0 Å². The third-order valence-corrected chi connectivity index (χ3v) is 4.07. The van der Waals surface area contributed by atoms with Crippen molar-refractivity contribution in [1.82, 2.24) is 5.32 Å². The van der Waals surface area contributed by atoms with Gasteiger partial charge >= 0.3 is 0 Å². The van der Waals surface area contributed by atoms with Crippen LogP contribution in [0.15, 0.2) is 29.2 Å². The molecular weight excluding hydrogens is 232 g/mol. The molecule has 92 valence electrons. The summed E-state index contributed by atoms with van der Waals surface area (Å²) in [7, 11) is 0. The summed E-state index contributed by atoms with van der Waals surface area (Å²) < 4.78 is 0. The molecule has 2 atom stereocenters. The third-order valence-electron chi connectivity index (χ3n) is 2.95. The molecule has 1 aliphatic rings. The van der Waals surface area contributed by atoms with E-state index in [9.17, 15) is 4.79 Å². The van der Waals surface area contributed by atoms with Crippen LogP contribution in [-0.4, -0.2) is 17.7 Å². The van der Waals surface area contributed by atoms with E-state index in [2.05, 4.69) is 29.6 Å². The van der Waals surface area contributed by atoms with E-state index in [4.69, 9.17) is 5.73 Å². The molecular formula is C13H18N2OS. The Morgan fingerprint density at radius 3 is 3.12 bits per heavy atom. The number of primary amides is 1. The number of nitrogens with one attached hydrogen (secondary N) is 1. The summed E-state index contributed by atoms with van der Waals surface area (Å²) in [6.07, 6.45) is 1.50. The van der Waals surface area contributed by atoms with Crippen LogP contribution in [0.4, 0.5) is 0 Å². The van der Waals surface area contributed by atoms with Crippen molar-refractivity contribution >= 4 is 17.7 Å². The van der Waals surface area contributed by atoms with Crippen molar-refractivity contribution in [2.24, 2.45) is 5.73 Å². The number of rotatable bonds is 4. The molecule has 0 radical (unpaired) electrons. The van der Waals surface area contributed by atoms with Gasteiger partial charge in [-0.2, -0.15) is 0 Å². The van der Waals surface area contributed by atoms with Crippen LogP contribution >= 0.6 is 11.8 Å². The molecule has 2 rings (SSSR count). The molecule has 0 bridgehead atoms. The Hall–Kier alpha value is -1.00. The van der Waals surface area contributed by atoms with Crippen LogP contribution in [0.25, 0.3) is 0 Å². The van der Waals surface area contributed by atoms with Crippen molar-refractivity contribution in [1.29, 1.82) is 0 Å². The second-order valence-corrected chi connectivity index (χ2v) is 5.60. The van der Waals surface area contributed by atoms with E-state index < -0.39 is 0 Å². The number of carbonyl (C=O) groups is 1. The number of hydrogen-bond acceptors (Lipinski definition) is 3. The maximum Gasteiger partial charge on any atom is 0.218 e. The van der Waals surface area contributed by atoms with Gasteiger partial charge in [-0.3, -0.25) is 4.79 Å². The highest BCUT2D eigenvalue weighted by molar-refractivity contribution is 7.99. The van der Waals surface area contributed by atoms with E-state index in [1.54, 1.807) is 0 Å². The molecule has 0 aliphatic carbocycles. The molecule has 3 N–H and O–H groups in total. The van der Waals surface area contributed by atoms with Crippen LogP contribution in [0.5, 0.6) is 0 Å². The van der Waals surface area contributed by atoms with Crippen molar-refractivity contribution < 1.29 is 4.79 Å². The topological polar surface area (TPSA) is 55.1 Å². The Bertz CT molecular complexity index is 408. The fourth-order valence-corrected chi connectivity index (χ4v) is 3.34. The van der Waals surface area contributed by atoms with Crippen molar-refractivity contribution in [2.75, 3.05) is 5.75 Å². The van der Waals surface area contributed by atoms with E-state index in [-0.39, 0.29) is 11.9 Å². The number of thioether (sulfide) groups is 1. The van der Waals surface area contributed by atoms with Gasteiger partial charge in [0, 0.05) is 23.4 Å². The highest BCUT2D eigenvalue weighted by Crippen LogP contribution is 2.36. The molecule has 4 heteroatoms. The first kappa shape index (κ1) is 12.5. The monoisotopic (exact) mass is 250 g/mol. The van der Waals surface area contributed by atoms with E-state index in [0.29, 0.717) is 12.5 Å².